The van der Waals surface area contributed by atoms with Crippen LogP contribution in [0.2, 0.25) is 0 Å². The average molecular weight is 240 g/mol. The van der Waals surface area contributed by atoms with E-state index in [0.717, 1.165) is 12.6 Å². The summed E-state index contributed by atoms with van der Waals surface area (Å²) in [5, 5.41) is 3.74. The highest BCUT2D eigenvalue weighted by atomic mass is 15.2. The second-order valence-electron chi connectivity index (χ2n) is 6.57. The van der Waals surface area contributed by atoms with Crippen molar-refractivity contribution in [2.45, 2.75) is 72.4 Å². The fourth-order valence-corrected chi connectivity index (χ4v) is 2.80. The Labute approximate surface area is 108 Å². The SMILES string of the molecule is CCCNC(CN1CCCC1CC)C(C)(C)C. The Morgan fingerprint density at radius 3 is 2.53 bits per heavy atom. The summed E-state index contributed by atoms with van der Waals surface area (Å²) in [6.45, 7) is 15.3. The first-order valence-corrected chi connectivity index (χ1v) is 7.46. The second kappa shape index (κ2) is 6.75. The summed E-state index contributed by atoms with van der Waals surface area (Å²) in [5.41, 5.74) is 0.357. The van der Waals surface area contributed by atoms with Gasteiger partial charge in [0.1, 0.15) is 0 Å². The second-order valence-corrected chi connectivity index (χ2v) is 6.57. The van der Waals surface area contributed by atoms with E-state index in [1.165, 1.54) is 38.8 Å². The molecule has 1 aliphatic heterocycles. The smallest absolute Gasteiger partial charge is 0.0243 e. The number of likely N-dealkylation sites (tertiary alicyclic amines) is 1. The molecule has 0 amide bonds. The van der Waals surface area contributed by atoms with E-state index < -0.39 is 0 Å². The number of hydrogen-bond donors (Lipinski definition) is 1. The minimum atomic E-state index is 0.357. The van der Waals surface area contributed by atoms with Crippen LogP contribution in [0.3, 0.4) is 0 Å². The largest absolute Gasteiger partial charge is 0.312 e. The molecule has 1 heterocycles. The Kier molecular flexibility index (Phi) is 5.94. The van der Waals surface area contributed by atoms with Gasteiger partial charge in [-0.25, -0.2) is 0 Å². The summed E-state index contributed by atoms with van der Waals surface area (Å²) in [6.07, 6.45) is 5.33. The van der Waals surface area contributed by atoms with Crippen LogP contribution in [0.1, 0.15) is 60.3 Å². The Balaban J connectivity index is 2.53. The van der Waals surface area contributed by atoms with Crippen LogP contribution < -0.4 is 5.32 Å². The quantitative estimate of drug-likeness (QED) is 0.766. The van der Waals surface area contributed by atoms with Crippen LogP contribution in [0.25, 0.3) is 0 Å². The summed E-state index contributed by atoms with van der Waals surface area (Å²) in [7, 11) is 0. The van der Waals surface area contributed by atoms with Crippen LogP contribution in [-0.2, 0) is 0 Å². The first-order chi connectivity index (χ1) is 7.99. The predicted octanol–water partition coefficient (Wildman–Crippen LogP) is 3.28. The van der Waals surface area contributed by atoms with Crippen molar-refractivity contribution in [1.29, 1.82) is 0 Å². The normalized spacial score (nSPS) is 24.2. The van der Waals surface area contributed by atoms with E-state index in [0.29, 0.717) is 11.5 Å². The van der Waals surface area contributed by atoms with Gasteiger partial charge >= 0.3 is 0 Å². The zero-order valence-electron chi connectivity index (χ0n) is 12.6. The Morgan fingerprint density at radius 2 is 2.00 bits per heavy atom. The number of nitrogens with one attached hydrogen (secondary N) is 1. The molecule has 2 nitrogen and oxygen atoms in total. The topological polar surface area (TPSA) is 15.3 Å². The van der Waals surface area contributed by atoms with Gasteiger partial charge in [0.15, 0.2) is 0 Å². The lowest BCUT2D eigenvalue weighted by Crippen LogP contribution is -2.49. The van der Waals surface area contributed by atoms with Crippen LogP contribution in [0, 0.1) is 5.41 Å². The summed E-state index contributed by atoms with van der Waals surface area (Å²) < 4.78 is 0. The van der Waals surface area contributed by atoms with Gasteiger partial charge in [-0.05, 0) is 44.2 Å². The van der Waals surface area contributed by atoms with Gasteiger partial charge in [0.25, 0.3) is 0 Å². The maximum absolute atomic E-state index is 3.74. The van der Waals surface area contributed by atoms with Crippen molar-refractivity contribution < 1.29 is 0 Å². The lowest BCUT2D eigenvalue weighted by molar-refractivity contribution is 0.161. The zero-order valence-corrected chi connectivity index (χ0v) is 12.6. The molecular formula is C15H32N2. The van der Waals surface area contributed by atoms with Gasteiger partial charge < -0.3 is 5.32 Å². The van der Waals surface area contributed by atoms with Gasteiger partial charge in [-0.2, -0.15) is 0 Å². The Hall–Kier alpha value is -0.0800. The van der Waals surface area contributed by atoms with Gasteiger partial charge in [-0.3, -0.25) is 4.90 Å². The van der Waals surface area contributed by atoms with E-state index in [-0.39, 0.29) is 0 Å². The minimum Gasteiger partial charge on any atom is -0.312 e. The molecule has 0 aromatic heterocycles. The summed E-state index contributed by atoms with van der Waals surface area (Å²) in [5.74, 6) is 0. The van der Waals surface area contributed by atoms with E-state index in [1.54, 1.807) is 0 Å². The van der Waals surface area contributed by atoms with E-state index in [1.807, 2.05) is 0 Å². The minimum absolute atomic E-state index is 0.357. The summed E-state index contributed by atoms with van der Waals surface area (Å²) >= 11 is 0. The van der Waals surface area contributed by atoms with Gasteiger partial charge in [-0.1, -0.05) is 34.6 Å². The molecule has 0 aromatic rings. The number of nitrogens with zero attached hydrogens (tertiary/aromatic N) is 1. The number of rotatable bonds is 6. The maximum Gasteiger partial charge on any atom is 0.0243 e. The molecule has 0 aliphatic carbocycles. The third-order valence-electron chi connectivity index (χ3n) is 4.07. The molecule has 0 saturated carbocycles. The molecule has 1 aliphatic rings. The fraction of sp³-hybridized carbons (Fsp3) is 1.00. The molecule has 17 heavy (non-hydrogen) atoms. The molecule has 1 saturated heterocycles. The van der Waals surface area contributed by atoms with E-state index in [4.69, 9.17) is 0 Å². The van der Waals surface area contributed by atoms with Crippen molar-refractivity contribution in [3.8, 4) is 0 Å². The van der Waals surface area contributed by atoms with E-state index in [9.17, 15) is 0 Å². The number of hydrogen-bond acceptors (Lipinski definition) is 2. The average Bonchev–Trinajstić information content (AvgIpc) is 2.69. The van der Waals surface area contributed by atoms with Crippen LogP contribution in [0.4, 0.5) is 0 Å². The standard InChI is InChI=1S/C15H32N2/c1-6-10-16-14(15(3,4)5)12-17-11-8-9-13(17)7-2/h13-14,16H,6-12H2,1-5H3. The zero-order chi connectivity index (χ0) is 12.9. The summed E-state index contributed by atoms with van der Waals surface area (Å²) in [4.78, 5) is 2.71. The van der Waals surface area contributed by atoms with Crippen LogP contribution in [0.15, 0.2) is 0 Å². The molecule has 2 heteroatoms. The van der Waals surface area contributed by atoms with Crippen molar-refractivity contribution in [1.82, 2.24) is 10.2 Å². The predicted molar refractivity (Wildman–Crippen MR) is 76.4 cm³/mol. The Bertz CT molecular complexity index is 207. The Morgan fingerprint density at radius 1 is 1.29 bits per heavy atom. The highest BCUT2D eigenvalue weighted by Crippen LogP contribution is 2.25. The van der Waals surface area contributed by atoms with Crippen molar-refractivity contribution in [3.63, 3.8) is 0 Å². The maximum atomic E-state index is 3.74. The summed E-state index contributed by atoms with van der Waals surface area (Å²) in [6, 6.07) is 1.46. The molecule has 0 radical (unpaired) electrons. The molecule has 2 atom stereocenters. The molecule has 102 valence electrons. The third-order valence-corrected chi connectivity index (χ3v) is 4.07. The molecular weight excluding hydrogens is 208 g/mol. The van der Waals surface area contributed by atoms with Crippen LogP contribution in [0.5, 0.6) is 0 Å². The molecule has 0 spiro atoms. The van der Waals surface area contributed by atoms with E-state index in [2.05, 4.69) is 44.8 Å². The lowest BCUT2D eigenvalue weighted by atomic mass is 9.86. The molecule has 2 unspecified atom stereocenters. The van der Waals surface area contributed by atoms with Crippen molar-refractivity contribution in [2.75, 3.05) is 19.6 Å². The van der Waals surface area contributed by atoms with Crippen LogP contribution in [-0.4, -0.2) is 36.6 Å². The molecule has 1 fully saturated rings. The monoisotopic (exact) mass is 240 g/mol. The lowest BCUT2D eigenvalue weighted by Gasteiger charge is -2.36. The van der Waals surface area contributed by atoms with Gasteiger partial charge in [0.2, 0.25) is 0 Å². The van der Waals surface area contributed by atoms with Crippen LogP contribution >= 0.6 is 0 Å². The first-order valence-electron chi connectivity index (χ1n) is 7.46. The van der Waals surface area contributed by atoms with Crippen molar-refractivity contribution >= 4 is 0 Å². The molecule has 1 rings (SSSR count). The van der Waals surface area contributed by atoms with Gasteiger partial charge in [0, 0.05) is 18.6 Å². The van der Waals surface area contributed by atoms with Gasteiger partial charge in [0.05, 0.1) is 0 Å². The highest BCUT2D eigenvalue weighted by Gasteiger charge is 2.30. The fourth-order valence-electron chi connectivity index (χ4n) is 2.80. The molecule has 0 aromatic carbocycles. The van der Waals surface area contributed by atoms with Crippen molar-refractivity contribution in [2.24, 2.45) is 5.41 Å². The van der Waals surface area contributed by atoms with Crippen molar-refractivity contribution in [3.05, 3.63) is 0 Å². The van der Waals surface area contributed by atoms with E-state index >= 15 is 0 Å². The third kappa shape index (κ3) is 4.59. The highest BCUT2D eigenvalue weighted by molar-refractivity contribution is 4.87. The molecule has 0 bridgehead atoms. The van der Waals surface area contributed by atoms with Gasteiger partial charge in [-0.15, -0.1) is 0 Å². The first kappa shape index (κ1) is 15.0. The molecule has 1 N–H and O–H groups in total.